The van der Waals surface area contributed by atoms with Crippen LogP contribution in [0.2, 0.25) is 0 Å². The lowest BCUT2D eigenvalue weighted by Gasteiger charge is -2.07. The molecular weight excluding hydrogens is 382 g/mol. The minimum Gasteiger partial charge on any atom is -0.477 e. The second-order valence-electron chi connectivity index (χ2n) is 6.41. The van der Waals surface area contributed by atoms with E-state index in [0.29, 0.717) is 35.3 Å². The number of unbranched alkanes of at least 4 members (excludes halogenated alkanes) is 1. The maximum absolute atomic E-state index is 14.1. The minimum atomic E-state index is -0.944. The highest BCUT2D eigenvalue weighted by Crippen LogP contribution is 2.24. The summed E-state index contributed by atoms with van der Waals surface area (Å²) in [7, 11) is 0. The van der Waals surface area contributed by atoms with Gasteiger partial charge in [0.25, 0.3) is 0 Å². The summed E-state index contributed by atoms with van der Waals surface area (Å²) in [5, 5.41) is 8.92. The van der Waals surface area contributed by atoms with Gasteiger partial charge in [-0.1, -0.05) is 18.2 Å². The lowest BCUT2D eigenvalue weighted by atomic mass is 9.98. The monoisotopic (exact) mass is 400 g/mol. The molecule has 0 radical (unpaired) electrons. The molecule has 0 fully saturated rings. The molecule has 1 N–H and O–H groups in total. The third kappa shape index (κ3) is 4.89. The molecule has 3 nitrogen and oxygen atoms in total. The molecule has 0 saturated carbocycles. The highest BCUT2D eigenvalue weighted by atomic mass is 32.1. The standard InChI is InChI=1S/C22H18F2O3S/c23-16-5-3-4-14(12-16)15-8-10-19(24)18(13-15)20(25)7-2-1-6-17-9-11-21(28-17)22(26)27/h3-5,8-13H,1-2,6-7H2,(H,26,27). The van der Waals surface area contributed by atoms with E-state index in [2.05, 4.69) is 0 Å². The Kier molecular flexibility index (Phi) is 6.31. The summed E-state index contributed by atoms with van der Waals surface area (Å²) in [5.74, 6) is -2.22. The first-order chi connectivity index (χ1) is 13.4. The molecule has 0 saturated heterocycles. The molecule has 3 rings (SSSR count). The Labute approximate surface area is 165 Å². The second kappa shape index (κ2) is 8.89. The van der Waals surface area contributed by atoms with Gasteiger partial charge in [-0.2, -0.15) is 0 Å². The number of aryl methyl sites for hydroxylation is 1. The molecule has 1 aromatic heterocycles. The highest BCUT2D eigenvalue weighted by molar-refractivity contribution is 7.13. The molecule has 0 atom stereocenters. The molecule has 1 heterocycles. The first-order valence-corrected chi connectivity index (χ1v) is 9.66. The van der Waals surface area contributed by atoms with E-state index < -0.39 is 17.6 Å². The number of hydrogen-bond donors (Lipinski definition) is 1. The number of carbonyl (C=O) groups is 2. The molecule has 28 heavy (non-hydrogen) atoms. The zero-order valence-electron chi connectivity index (χ0n) is 15.0. The van der Waals surface area contributed by atoms with Crippen molar-refractivity contribution in [3.63, 3.8) is 0 Å². The van der Waals surface area contributed by atoms with Crippen LogP contribution in [0.25, 0.3) is 11.1 Å². The van der Waals surface area contributed by atoms with Crippen LogP contribution < -0.4 is 0 Å². The van der Waals surface area contributed by atoms with Gasteiger partial charge in [-0.05, 0) is 66.8 Å². The lowest BCUT2D eigenvalue weighted by Crippen LogP contribution is -2.03. The molecule has 0 aliphatic carbocycles. The third-order valence-corrected chi connectivity index (χ3v) is 5.51. The van der Waals surface area contributed by atoms with E-state index in [1.165, 1.54) is 41.7 Å². The first kappa shape index (κ1) is 19.9. The van der Waals surface area contributed by atoms with Crippen LogP contribution in [0, 0.1) is 11.6 Å². The predicted molar refractivity (Wildman–Crippen MR) is 105 cm³/mol. The summed E-state index contributed by atoms with van der Waals surface area (Å²) in [5.41, 5.74) is 1.18. The van der Waals surface area contributed by atoms with E-state index in [0.717, 1.165) is 4.88 Å². The third-order valence-electron chi connectivity index (χ3n) is 4.37. The van der Waals surface area contributed by atoms with Gasteiger partial charge in [0, 0.05) is 11.3 Å². The maximum atomic E-state index is 14.1. The number of rotatable bonds is 8. The smallest absolute Gasteiger partial charge is 0.345 e. The van der Waals surface area contributed by atoms with Crippen molar-refractivity contribution in [2.45, 2.75) is 25.7 Å². The van der Waals surface area contributed by atoms with E-state index in [9.17, 15) is 18.4 Å². The normalized spacial score (nSPS) is 10.8. The van der Waals surface area contributed by atoms with Crippen LogP contribution >= 0.6 is 11.3 Å². The van der Waals surface area contributed by atoms with Crippen molar-refractivity contribution < 1.29 is 23.5 Å². The number of ketones is 1. The van der Waals surface area contributed by atoms with E-state index >= 15 is 0 Å². The van der Waals surface area contributed by atoms with Crippen molar-refractivity contribution in [2.75, 3.05) is 0 Å². The van der Waals surface area contributed by atoms with E-state index in [4.69, 9.17) is 5.11 Å². The van der Waals surface area contributed by atoms with Gasteiger partial charge < -0.3 is 5.11 Å². The minimum absolute atomic E-state index is 0.00560. The highest BCUT2D eigenvalue weighted by Gasteiger charge is 2.14. The van der Waals surface area contributed by atoms with E-state index in [1.807, 2.05) is 0 Å². The fourth-order valence-corrected chi connectivity index (χ4v) is 3.82. The van der Waals surface area contributed by atoms with Gasteiger partial charge in [0.15, 0.2) is 5.78 Å². The largest absolute Gasteiger partial charge is 0.477 e. The molecular formula is C22H18F2O3S. The van der Waals surface area contributed by atoms with Crippen LogP contribution in [0.3, 0.4) is 0 Å². The summed E-state index contributed by atoms with van der Waals surface area (Å²) in [6.07, 6.45) is 2.15. The van der Waals surface area contributed by atoms with Crippen molar-refractivity contribution in [1.29, 1.82) is 0 Å². The Morgan fingerprint density at radius 1 is 0.929 bits per heavy atom. The van der Waals surface area contributed by atoms with Crippen molar-refractivity contribution in [3.05, 3.63) is 81.5 Å². The van der Waals surface area contributed by atoms with Crippen LogP contribution in [-0.2, 0) is 6.42 Å². The molecule has 0 aliphatic rings. The van der Waals surface area contributed by atoms with Crippen LogP contribution in [0.4, 0.5) is 8.78 Å². The van der Waals surface area contributed by atoms with E-state index in [1.54, 1.807) is 24.3 Å². The zero-order valence-corrected chi connectivity index (χ0v) is 15.8. The molecule has 0 amide bonds. The number of halogens is 2. The van der Waals surface area contributed by atoms with Gasteiger partial charge in [0.1, 0.15) is 16.5 Å². The number of carboxylic acids is 1. The zero-order chi connectivity index (χ0) is 20.1. The summed E-state index contributed by atoms with van der Waals surface area (Å²) in [6, 6.07) is 13.5. The van der Waals surface area contributed by atoms with Crippen LogP contribution in [0.5, 0.6) is 0 Å². The summed E-state index contributed by atoms with van der Waals surface area (Å²) >= 11 is 1.22. The molecule has 0 aliphatic heterocycles. The Morgan fingerprint density at radius 2 is 1.71 bits per heavy atom. The second-order valence-corrected chi connectivity index (χ2v) is 7.57. The first-order valence-electron chi connectivity index (χ1n) is 8.85. The SMILES string of the molecule is O=C(O)c1ccc(CCCCC(=O)c2cc(-c3cccc(F)c3)ccc2F)s1. The molecule has 0 unspecified atom stereocenters. The number of thiophene rings is 1. The summed E-state index contributed by atoms with van der Waals surface area (Å²) < 4.78 is 27.5. The quantitative estimate of drug-likeness (QED) is 0.373. The number of benzene rings is 2. The molecule has 2 aromatic carbocycles. The van der Waals surface area contributed by atoms with Crippen molar-refractivity contribution in [2.24, 2.45) is 0 Å². The van der Waals surface area contributed by atoms with Gasteiger partial charge in [-0.15, -0.1) is 11.3 Å². The average Bonchev–Trinajstić information content (AvgIpc) is 3.15. The molecule has 0 bridgehead atoms. The Hall–Kier alpha value is -2.86. The average molecular weight is 400 g/mol. The van der Waals surface area contributed by atoms with Gasteiger partial charge in [-0.25, -0.2) is 13.6 Å². The number of aromatic carboxylic acids is 1. The van der Waals surface area contributed by atoms with Crippen LogP contribution in [0.1, 0.15) is 44.2 Å². The topological polar surface area (TPSA) is 54.4 Å². The summed E-state index contributed by atoms with van der Waals surface area (Å²) in [6.45, 7) is 0. The predicted octanol–water partition coefficient (Wildman–Crippen LogP) is 5.99. The number of Topliss-reactive ketones (excluding diaryl/α,β-unsaturated/α-hetero) is 1. The Bertz CT molecular complexity index is 1010. The Balaban J connectivity index is 1.60. The fourth-order valence-electron chi connectivity index (χ4n) is 2.93. The maximum Gasteiger partial charge on any atom is 0.345 e. The van der Waals surface area contributed by atoms with Gasteiger partial charge in [0.05, 0.1) is 5.56 Å². The number of carbonyl (C=O) groups excluding carboxylic acids is 1. The lowest BCUT2D eigenvalue weighted by molar-refractivity contribution is 0.0702. The van der Waals surface area contributed by atoms with Crippen molar-refractivity contribution in [1.82, 2.24) is 0 Å². The molecule has 3 aromatic rings. The Morgan fingerprint density at radius 3 is 2.43 bits per heavy atom. The van der Waals surface area contributed by atoms with Crippen LogP contribution in [0.15, 0.2) is 54.6 Å². The van der Waals surface area contributed by atoms with E-state index in [-0.39, 0.29) is 17.8 Å². The number of carboxylic acid groups (broad SMARTS) is 1. The fraction of sp³-hybridized carbons (Fsp3) is 0.182. The van der Waals surface area contributed by atoms with Crippen molar-refractivity contribution in [3.8, 4) is 11.1 Å². The van der Waals surface area contributed by atoms with Gasteiger partial charge >= 0.3 is 5.97 Å². The molecule has 144 valence electrons. The molecule has 0 spiro atoms. The summed E-state index contributed by atoms with van der Waals surface area (Å²) in [4.78, 5) is 24.6. The van der Waals surface area contributed by atoms with Crippen molar-refractivity contribution >= 4 is 23.1 Å². The number of hydrogen-bond acceptors (Lipinski definition) is 3. The molecule has 6 heteroatoms. The van der Waals surface area contributed by atoms with Gasteiger partial charge in [-0.3, -0.25) is 4.79 Å². The van der Waals surface area contributed by atoms with Gasteiger partial charge in [0.2, 0.25) is 0 Å². The van der Waals surface area contributed by atoms with Crippen LogP contribution in [-0.4, -0.2) is 16.9 Å².